The molecule has 0 aromatic rings. The van der Waals surface area contributed by atoms with Gasteiger partial charge in [-0.3, -0.25) is 9.59 Å². The van der Waals surface area contributed by atoms with E-state index in [-0.39, 0.29) is 25.0 Å². The standard InChI is InChI=1S/C14H26N2O4/c1-15-8-6-12(7-9-15)16(10-11-17)13(18)4-2-3-5-14(19)20/h12,17H,2-11H2,1H3,(H,19,20). The third-order valence-corrected chi connectivity index (χ3v) is 3.82. The number of rotatable bonds is 8. The summed E-state index contributed by atoms with van der Waals surface area (Å²) in [6.07, 6.45) is 3.50. The summed E-state index contributed by atoms with van der Waals surface area (Å²) in [6, 6.07) is 0.213. The van der Waals surface area contributed by atoms with Gasteiger partial charge in [-0.2, -0.15) is 0 Å². The molecule has 6 heteroatoms. The molecule has 1 fully saturated rings. The third kappa shape index (κ3) is 5.88. The number of aliphatic hydroxyl groups excluding tert-OH is 1. The molecule has 1 aliphatic heterocycles. The average molecular weight is 286 g/mol. The Kier molecular flexibility index (Phi) is 7.54. The SMILES string of the molecule is CN1CCC(N(CCO)C(=O)CCCCC(=O)O)CC1. The summed E-state index contributed by atoms with van der Waals surface area (Å²) in [7, 11) is 2.07. The molecule has 116 valence electrons. The summed E-state index contributed by atoms with van der Waals surface area (Å²) in [6.45, 7) is 2.30. The molecule has 1 rings (SSSR count). The van der Waals surface area contributed by atoms with Crippen molar-refractivity contribution in [3.8, 4) is 0 Å². The maximum Gasteiger partial charge on any atom is 0.303 e. The van der Waals surface area contributed by atoms with Crippen molar-refractivity contribution in [3.63, 3.8) is 0 Å². The van der Waals surface area contributed by atoms with Gasteiger partial charge in [-0.25, -0.2) is 0 Å². The number of carboxylic acid groups (broad SMARTS) is 1. The molecular weight excluding hydrogens is 260 g/mol. The lowest BCUT2D eigenvalue weighted by atomic mass is 10.0. The highest BCUT2D eigenvalue weighted by molar-refractivity contribution is 5.76. The molecule has 1 saturated heterocycles. The first-order valence-electron chi connectivity index (χ1n) is 7.35. The zero-order valence-electron chi connectivity index (χ0n) is 12.3. The molecule has 1 amide bonds. The molecule has 0 aromatic heterocycles. The van der Waals surface area contributed by atoms with Crippen LogP contribution in [-0.2, 0) is 9.59 Å². The number of carbonyl (C=O) groups is 2. The lowest BCUT2D eigenvalue weighted by molar-refractivity contribution is -0.138. The Morgan fingerprint density at radius 2 is 1.80 bits per heavy atom. The molecule has 1 aliphatic rings. The molecule has 2 N–H and O–H groups in total. The van der Waals surface area contributed by atoms with E-state index in [0.717, 1.165) is 25.9 Å². The maximum absolute atomic E-state index is 12.2. The number of unbranched alkanes of at least 4 members (excludes halogenated alkanes) is 1. The number of hydrogen-bond acceptors (Lipinski definition) is 4. The smallest absolute Gasteiger partial charge is 0.303 e. The van der Waals surface area contributed by atoms with E-state index < -0.39 is 5.97 Å². The van der Waals surface area contributed by atoms with Crippen molar-refractivity contribution in [2.24, 2.45) is 0 Å². The van der Waals surface area contributed by atoms with Gasteiger partial charge in [-0.15, -0.1) is 0 Å². The molecule has 0 radical (unpaired) electrons. The number of nitrogens with zero attached hydrogens (tertiary/aromatic N) is 2. The fraction of sp³-hybridized carbons (Fsp3) is 0.857. The number of carboxylic acids is 1. The normalized spacial score (nSPS) is 17.1. The molecule has 0 atom stereocenters. The summed E-state index contributed by atoms with van der Waals surface area (Å²) in [5, 5.41) is 17.7. The second kappa shape index (κ2) is 8.92. The van der Waals surface area contributed by atoms with Gasteiger partial charge in [0.1, 0.15) is 0 Å². The zero-order valence-corrected chi connectivity index (χ0v) is 12.3. The van der Waals surface area contributed by atoms with E-state index in [4.69, 9.17) is 10.2 Å². The minimum atomic E-state index is -0.819. The maximum atomic E-state index is 12.2. The molecule has 1 heterocycles. The van der Waals surface area contributed by atoms with Gasteiger partial charge < -0.3 is 20.0 Å². The van der Waals surface area contributed by atoms with Gasteiger partial charge in [0.15, 0.2) is 0 Å². The van der Waals surface area contributed by atoms with Crippen molar-refractivity contribution in [3.05, 3.63) is 0 Å². The molecule has 0 aliphatic carbocycles. The van der Waals surface area contributed by atoms with Gasteiger partial charge in [0, 0.05) is 25.4 Å². The number of amides is 1. The number of aliphatic hydroxyl groups is 1. The van der Waals surface area contributed by atoms with Crippen LogP contribution >= 0.6 is 0 Å². The van der Waals surface area contributed by atoms with Gasteiger partial charge in [0.05, 0.1) is 6.61 Å². The first kappa shape index (κ1) is 16.9. The molecule has 0 unspecified atom stereocenters. The first-order chi connectivity index (χ1) is 9.54. The van der Waals surface area contributed by atoms with Crippen molar-refractivity contribution in [2.75, 3.05) is 33.3 Å². The van der Waals surface area contributed by atoms with E-state index in [1.54, 1.807) is 4.90 Å². The Morgan fingerprint density at radius 1 is 1.20 bits per heavy atom. The zero-order chi connectivity index (χ0) is 15.0. The van der Waals surface area contributed by atoms with Crippen LogP contribution in [0.15, 0.2) is 0 Å². The van der Waals surface area contributed by atoms with Gasteiger partial charge in [0.25, 0.3) is 0 Å². The lowest BCUT2D eigenvalue weighted by Gasteiger charge is -2.37. The second-order valence-electron chi connectivity index (χ2n) is 5.45. The Labute approximate surface area is 120 Å². The highest BCUT2D eigenvalue weighted by Crippen LogP contribution is 2.17. The van der Waals surface area contributed by atoms with Crippen molar-refractivity contribution in [1.82, 2.24) is 9.80 Å². The predicted octanol–water partition coefficient (Wildman–Crippen LogP) is 0.547. The minimum Gasteiger partial charge on any atom is -0.481 e. The van der Waals surface area contributed by atoms with Gasteiger partial charge in [0.2, 0.25) is 5.91 Å². The molecule has 20 heavy (non-hydrogen) atoms. The Balaban J connectivity index is 2.39. The van der Waals surface area contributed by atoms with Crippen LogP contribution in [0.4, 0.5) is 0 Å². The van der Waals surface area contributed by atoms with Crippen LogP contribution in [0, 0.1) is 0 Å². The predicted molar refractivity (Wildman–Crippen MR) is 75.4 cm³/mol. The molecular formula is C14H26N2O4. The highest BCUT2D eigenvalue weighted by atomic mass is 16.4. The van der Waals surface area contributed by atoms with Gasteiger partial charge in [-0.1, -0.05) is 0 Å². The van der Waals surface area contributed by atoms with Crippen molar-refractivity contribution in [1.29, 1.82) is 0 Å². The Bertz CT molecular complexity index is 314. The fourth-order valence-electron chi connectivity index (χ4n) is 2.62. The van der Waals surface area contributed by atoms with Crippen LogP contribution in [0.2, 0.25) is 0 Å². The minimum absolute atomic E-state index is 0.0206. The fourth-order valence-corrected chi connectivity index (χ4v) is 2.62. The topological polar surface area (TPSA) is 81.1 Å². The molecule has 0 saturated carbocycles. The number of piperidine rings is 1. The van der Waals surface area contributed by atoms with Crippen LogP contribution < -0.4 is 0 Å². The number of carbonyl (C=O) groups excluding carboxylic acids is 1. The summed E-state index contributed by atoms with van der Waals surface area (Å²) in [4.78, 5) is 26.7. The van der Waals surface area contributed by atoms with Gasteiger partial charge >= 0.3 is 5.97 Å². The number of aliphatic carboxylic acids is 1. The van der Waals surface area contributed by atoms with E-state index in [1.807, 2.05) is 0 Å². The molecule has 6 nitrogen and oxygen atoms in total. The van der Waals surface area contributed by atoms with Gasteiger partial charge in [-0.05, 0) is 45.8 Å². The highest BCUT2D eigenvalue weighted by Gasteiger charge is 2.26. The average Bonchev–Trinajstić information content (AvgIpc) is 2.42. The van der Waals surface area contributed by atoms with Crippen molar-refractivity contribution in [2.45, 2.75) is 44.6 Å². The lowest BCUT2D eigenvalue weighted by Crippen LogP contribution is -2.47. The number of likely N-dealkylation sites (tertiary alicyclic amines) is 1. The molecule has 0 aromatic carbocycles. The van der Waals surface area contributed by atoms with Crippen molar-refractivity contribution < 1.29 is 19.8 Å². The van der Waals surface area contributed by atoms with Crippen LogP contribution in [-0.4, -0.2) is 71.2 Å². The first-order valence-corrected chi connectivity index (χ1v) is 7.35. The van der Waals surface area contributed by atoms with E-state index in [1.165, 1.54) is 0 Å². The van der Waals surface area contributed by atoms with Crippen molar-refractivity contribution >= 4 is 11.9 Å². The second-order valence-corrected chi connectivity index (χ2v) is 5.45. The van der Waals surface area contributed by atoms with E-state index in [9.17, 15) is 9.59 Å². The largest absolute Gasteiger partial charge is 0.481 e. The monoisotopic (exact) mass is 286 g/mol. The summed E-state index contributed by atoms with van der Waals surface area (Å²) in [5.41, 5.74) is 0. The van der Waals surface area contributed by atoms with E-state index in [0.29, 0.717) is 25.8 Å². The summed E-state index contributed by atoms with van der Waals surface area (Å²) >= 11 is 0. The summed E-state index contributed by atoms with van der Waals surface area (Å²) in [5.74, 6) is -0.779. The van der Waals surface area contributed by atoms with Crippen LogP contribution in [0.1, 0.15) is 38.5 Å². The molecule has 0 spiro atoms. The van der Waals surface area contributed by atoms with Crippen LogP contribution in [0.5, 0.6) is 0 Å². The quantitative estimate of drug-likeness (QED) is 0.637. The number of hydrogen-bond donors (Lipinski definition) is 2. The molecule has 0 bridgehead atoms. The summed E-state index contributed by atoms with van der Waals surface area (Å²) < 4.78 is 0. The van der Waals surface area contributed by atoms with E-state index in [2.05, 4.69) is 11.9 Å². The van der Waals surface area contributed by atoms with Crippen LogP contribution in [0.3, 0.4) is 0 Å². The third-order valence-electron chi connectivity index (χ3n) is 3.82. The Morgan fingerprint density at radius 3 is 2.35 bits per heavy atom. The Hall–Kier alpha value is -1.14. The van der Waals surface area contributed by atoms with Crippen LogP contribution in [0.25, 0.3) is 0 Å². The van der Waals surface area contributed by atoms with E-state index >= 15 is 0 Å².